The monoisotopic (exact) mass is 225 g/mol. The highest BCUT2D eigenvalue weighted by atomic mass is 14.9. The summed E-state index contributed by atoms with van der Waals surface area (Å²) in [6.45, 7) is 2.08. The van der Waals surface area contributed by atoms with Crippen LogP contribution in [0.25, 0.3) is 11.4 Å². The first kappa shape index (κ1) is 10.4. The molecule has 0 saturated carbocycles. The van der Waals surface area contributed by atoms with E-state index in [2.05, 4.69) is 29.0 Å². The predicted molar refractivity (Wildman–Crippen MR) is 67.5 cm³/mol. The van der Waals surface area contributed by atoms with Gasteiger partial charge in [-0.1, -0.05) is 24.3 Å². The molecular formula is C14H15N3. The Morgan fingerprint density at radius 2 is 2.12 bits per heavy atom. The second-order valence-electron chi connectivity index (χ2n) is 4.56. The number of fused-ring (bicyclic) bond motifs is 1. The molecule has 0 amide bonds. The molecule has 0 bridgehead atoms. The summed E-state index contributed by atoms with van der Waals surface area (Å²) in [7, 11) is 0. The van der Waals surface area contributed by atoms with Gasteiger partial charge in [-0.25, -0.2) is 9.97 Å². The number of aryl methyl sites for hydroxylation is 2. The Labute approximate surface area is 101 Å². The van der Waals surface area contributed by atoms with E-state index in [1.165, 1.54) is 5.56 Å². The molecule has 1 unspecified atom stereocenters. The molecule has 0 fully saturated rings. The van der Waals surface area contributed by atoms with Crippen molar-refractivity contribution < 1.29 is 0 Å². The second kappa shape index (κ2) is 3.93. The van der Waals surface area contributed by atoms with E-state index in [4.69, 9.17) is 5.73 Å². The zero-order valence-electron chi connectivity index (χ0n) is 9.85. The molecule has 86 valence electrons. The maximum Gasteiger partial charge on any atom is 0.159 e. The fourth-order valence-corrected chi connectivity index (χ4v) is 2.34. The number of nitrogens with zero attached hydrogens (tertiary/aromatic N) is 2. The van der Waals surface area contributed by atoms with Gasteiger partial charge in [-0.15, -0.1) is 0 Å². The van der Waals surface area contributed by atoms with Crippen molar-refractivity contribution in [3.05, 3.63) is 47.3 Å². The van der Waals surface area contributed by atoms with Gasteiger partial charge in [0.1, 0.15) is 0 Å². The zero-order chi connectivity index (χ0) is 11.8. The van der Waals surface area contributed by atoms with E-state index in [0.717, 1.165) is 35.5 Å². The first-order valence-electron chi connectivity index (χ1n) is 5.93. The van der Waals surface area contributed by atoms with E-state index in [1.54, 1.807) is 0 Å². The molecule has 2 N–H and O–H groups in total. The molecule has 1 atom stereocenters. The number of nitrogens with two attached hydrogens (primary N) is 1. The normalized spacial score (nSPS) is 18.1. The lowest BCUT2D eigenvalue weighted by atomic mass is 10.1. The number of hydrogen-bond acceptors (Lipinski definition) is 3. The molecule has 17 heavy (non-hydrogen) atoms. The Morgan fingerprint density at radius 3 is 2.94 bits per heavy atom. The van der Waals surface area contributed by atoms with Gasteiger partial charge in [0.05, 0.1) is 0 Å². The van der Waals surface area contributed by atoms with Gasteiger partial charge >= 0.3 is 0 Å². The molecule has 1 heterocycles. The van der Waals surface area contributed by atoms with Crippen molar-refractivity contribution in [1.82, 2.24) is 9.97 Å². The van der Waals surface area contributed by atoms with Gasteiger partial charge in [-0.2, -0.15) is 0 Å². The van der Waals surface area contributed by atoms with Crippen LogP contribution >= 0.6 is 0 Å². The summed E-state index contributed by atoms with van der Waals surface area (Å²) in [5.74, 6) is 0.816. The topological polar surface area (TPSA) is 51.8 Å². The summed E-state index contributed by atoms with van der Waals surface area (Å²) < 4.78 is 0. The molecule has 1 aromatic heterocycles. The summed E-state index contributed by atoms with van der Waals surface area (Å²) in [6.07, 6.45) is 3.85. The Morgan fingerprint density at radius 1 is 1.29 bits per heavy atom. The van der Waals surface area contributed by atoms with Gasteiger partial charge in [-0.3, -0.25) is 0 Å². The fourth-order valence-electron chi connectivity index (χ4n) is 2.34. The Bertz CT molecular complexity index is 563. The molecule has 3 rings (SSSR count). The lowest BCUT2D eigenvalue weighted by Crippen LogP contribution is -2.06. The average molecular weight is 225 g/mol. The highest BCUT2D eigenvalue weighted by Gasteiger charge is 2.21. The van der Waals surface area contributed by atoms with Gasteiger partial charge < -0.3 is 5.73 Å². The van der Waals surface area contributed by atoms with Crippen LogP contribution in [0.1, 0.15) is 29.3 Å². The van der Waals surface area contributed by atoms with E-state index < -0.39 is 0 Å². The minimum Gasteiger partial charge on any atom is -0.324 e. The van der Waals surface area contributed by atoms with Crippen LogP contribution in [-0.2, 0) is 6.42 Å². The van der Waals surface area contributed by atoms with Crippen LogP contribution in [0.3, 0.4) is 0 Å². The van der Waals surface area contributed by atoms with Crippen LogP contribution in [0.15, 0.2) is 30.5 Å². The highest BCUT2D eigenvalue weighted by Crippen LogP contribution is 2.29. The molecule has 0 spiro atoms. The van der Waals surface area contributed by atoms with Gasteiger partial charge in [0.2, 0.25) is 0 Å². The lowest BCUT2D eigenvalue weighted by Gasteiger charge is -2.07. The SMILES string of the molecule is Cc1ccccc1-c1ncc2c(n1)CCC2N. The first-order valence-corrected chi connectivity index (χ1v) is 5.93. The van der Waals surface area contributed by atoms with Gasteiger partial charge in [0, 0.05) is 29.1 Å². The van der Waals surface area contributed by atoms with Crippen molar-refractivity contribution >= 4 is 0 Å². The summed E-state index contributed by atoms with van der Waals surface area (Å²) in [5, 5.41) is 0. The first-order chi connectivity index (χ1) is 8.25. The molecule has 2 aromatic rings. The van der Waals surface area contributed by atoms with Crippen LogP contribution in [0, 0.1) is 6.92 Å². The van der Waals surface area contributed by atoms with E-state index in [0.29, 0.717) is 0 Å². The molecule has 3 nitrogen and oxygen atoms in total. The molecule has 1 aromatic carbocycles. The van der Waals surface area contributed by atoms with Crippen LogP contribution in [0.4, 0.5) is 0 Å². The molecule has 0 saturated heterocycles. The second-order valence-corrected chi connectivity index (χ2v) is 4.56. The Hall–Kier alpha value is -1.74. The van der Waals surface area contributed by atoms with Gasteiger partial charge in [0.25, 0.3) is 0 Å². The number of aromatic nitrogens is 2. The summed E-state index contributed by atoms with van der Waals surface area (Å²) in [6, 6.07) is 8.31. The number of hydrogen-bond donors (Lipinski definition) is 1. The third-order valence-corrected chi connectivity index (χ3v) is 3.38. The summed E-state index contributed by atoms with van der Waals surface area (Å²) in [4.78, 5) is 9.08. The van der Waals surface area contributed by atoms with E-state index in [-0.39, 0.29) is 6.04 Å². The third-order valence-electron chi connectivity index (χ3n) is 3.38. The van der Waals surface area contributed by atoms with Gasteiger partial charge in [-0.05, 0) is 25.3 Å². The Balaban J connectivity index is 2.09. The molecule has 0 radical (unpaired) electrons. The van der Waals surface area contributed by atoms with Crippen molar-refractivity contribution in [3.63, 3.8) is 0 Å². The van der Waals surface area contributed by atoms with E-state index >= 15 is 0 Å². The zero-order valence-corrected chi connectivity index (χ0v) is 9.85. The van der Waals surface area contributed by atoms with Crippen LogP contribution < -0.4 is 5.73 Å². The van der Waals surface area contributed by atoms with Crippen molar-refractivity contribution in [2.45, 2.75) is 25.8 Å². The molecule has 0 aliphatic heterocycles. The van der Waals surface area contributed by atoms with Gasteiger partial charge in [0.15, 0.2) is 5.82 Å². The minimum absolute atomic E-state index is 0.121. The van der Waals surface area contributed by atoms with Crippen LogP contribution in [0.5, 0.6) is 0 Å². The average Bonchev–Trinajstić information content (AvgIpc) is 2.71. The fraction of sp³-hybridized carbons (Fsp3) is 0.286. The summed E-state index contributed by atoms with van der Waals surface area (Å²) >= 11 is 0. The van der Waals surface area contributed by atoms with Crippen molar-refractivity contribution in [2.24, 2.45) is 5.73 Å². The number of benzene rings is 1. The lowest BCUT2D eigenvalue weighted by molar-refractivity contribution is 0.711. The molecule has 1 aliphatic rings. The highest BCUT2D eigenvalue weighted by molar-refractivity contribution is 5.60. The van der Waals surface area contributed by atoms with Crippen molar-refractivity contribution in [2.75, 3.05) is 0 Å². The maximum atomic E-state index is 5.99. The largest absolute Gasteiger partial charge is 0.324 e. The summed E-state index contributed by atoms with van der Waals surface area (Å²) in [5.41, 5.74) is 10.5. The Kier molecular flexibility index (Phi) is 2.41. The van der Waals surface area contributed by atoms with Crippen LogP contribution in [0.2, 0.25) is 0 Å². The van der Waals surface area contributed by atoms with Crippen molar-refractivity contribution in [1.29, 1.82) is 0 Å². The van der Waals surface area contributed by atoms with Crippen LogP contribution in [-0.4, -0.2) is 9.97 Å². The predicted octanol–water partition coefficient (Wildman–Crippen LogP) is 2.40. The van der Waals surface area contributed by atoms with E-state index in [1.807, 2.05) is 18.3 Å². The minimum atomic E-state index is 0.121. The smallest absolute Gasteiger partial charge is 0.159 e. The van der Waals surface area contributed by atoms with Crippen molar-refractivity contribution in [3.8, 4) is 11.4 Å². The molecule has 1 aliphatic carbocycles. The quantitative estimate of drug-likeness (QED) is 0.810. The van der Waals surface area contributed by atoms with E-state index in [9.17, 15) is 0 Å². The molecular weight excluding hydrogens is 210 g/mol. The number of rotatable bonds is 1. The maximum absolute atomic E-state index is 5.99. The standard InChI is InChI=1S/C14H15N3/c1-9-4-2-3-5-10(9)14-16-8-11-12(15)6-7-13(11)17-14/h2-5,8,12H,6-7,15H2,1H3. The third kappa shape index (κ3) is 1.72. The molecule has 3 heteroatoms.